The minimum Gasteiger partial charge on any atom is -0.344 e. The third kappa shape index (κ3) is 5.47. The van der Waals surface area contributed by atoms with Crippen LogP contribution in [0.2, 0.25) is 0 Å². The minimum absolute atomic E-state index is 0.734. The van der Waals surface area contributed by atoms with Crippen molar-refractivity contribution in [2.75, 3.05) is 36.4 Å². The van der Waals surface area contributed by atoms with E-state index in [1.54, 1.807) is 11.3 Å². The molecule has 0 atom stereocenters. The molecule has 34 heavy (non-hydrogen) atoms. The predicted molar refractivity (Wildman–Crippen MR) is 139 cm³/mol. The number of nitrogens with one attached hydrogen (secondary N) is 1. The minimum atomic E-state index is 0.734. The zero-order chi connectivity index (χ0) is 23.3. The molecule has 7 nitrogen and oxygen atoms in total. The van der Waals surface area contributed by atoms with E-state index in [9.17, 15) is 0 Å². The Morgan fingerprint density at radius 2 is 1.88 bits per heavy atom. The van der Waals surface area contributed by atoms with E-state index in [2.05, 4.69) is 56.8 Å². The van der Waals surface area contributed by atoms with Gasteiger partial charge in [0.1, 0.15) is 5.82 Å². The average molecular weight is 488 g/mol. The largest absolute Gasteiger partial charge is 0.344 e. The summed E-state index contributed by atoms with van der Waals surface area (Å²) in [6.45, 7) is 5.70. The van der Waals surface area contributed by atoms with E-state index in [0.29, 0.717) is 0 Å². The van der Waals surface area contributed by atoms with Crippen LogP contribution < -0.4 is 10.2 Å². The summed E-state index contributed by atoms with van der Waals surface area (Å²) in [4.78, 5) is 18.5. The highest BCUT2D eigenvalue weighted by Crippen LogP contribution is 2.29. The van der Waals surface area contributed by atoms with Gasteiger partial charge in [-0.1, -0.05) is 17.7 Å². The second kappa shape index (κ2) is 10.4. The fraction of sp³-hybridized carbons (Fsp3) is 0.280. The van der Waals surface area contributed by atoms with Gasteiger partial charge < -0.3 is 10.2 Å². The first-order valence-electron chi connectivity index (χ1n) is 11.3. The molecule has 0 radical (unpaired) electrons. The van der Waals surface area contributed by atoms with Crippen molar-refractivity contribution in [3.05, 3.63) is 71.0 Å². The van der Waals surface area contributed by atoms with Crippen molar-refractivity contribution >= 4 is 35.1 Å². The monoisotopic (exact) mass is 487 g/mol. The van der Waals surface area contributed by atoms with Crippen LogP contribution in [0, 0.1) is 18.3 Å². The Hall–Kier alpha value is -3.19. The van der Waals surface area contributed by atoms with Gasteiger partial charge in [0.05, 0.1) is 22.2 Å². The van der Waals surface area contributed by atoms with Crippen LogP contribution in [0.4, 0.5) is 11.8 Å². The number of rotatable bonds is 6. The summed E-state index contributed by atoms with van der Waals surface area (Å²) in [5.41, 5.74) is 5.83. The fourth-order valence-corrected chi connectivity index (χ4v) is 5.32. The molecule has 0 unspecified atom stereocenters. The molecule has 1 fully saturated rings. The number of nitrogens with zero attached hydrogens (tertiary/aromatic N) is 6. The van der Waals surface area contributed by atoms with Crippen molar-refractivity contribution < 1.29 is 0 Å². The molecule has 1 saturated heterocycles. The number of hydrogen-bond donors (Lipinski definition) is 1. The van der Waals surface area contributed by atoms with Crippen LogP contribution in [-0.4, -0.2) is 45.4 Å². The second-order valence-electron chi connectivity index (χ2n) is 8.25. The molecule has 1 aliphatic heterocycles. The first kappa shape index (κ1) is 22.6. The molecule has 0 amide bonds. The van der Waals surface area contributed by atoms with Crippen LogP contribution in [0.15, 0.2) is 70.4 Å². The number of hydrogen-bond acceptors (Lipinski definition) is 9. The molecule has 0 bridgehead atoms. The van der Waals surface area contributed by atoms with Crippen molar-refractivity contribution in [2.45, 2.75) is 24.7 Å². The highest BCUT2D eigenvalue weighted by atomic mass is 32.2. The maximum atomic E-state index is 9.10. The van der Waals surface area contributed by atoms with Gasteiger partial charge in [-0.3, -0.25) is 4.98 Å². The lowest BCUT2D eigenvalue weighted by Crippen LogP contribution is -2.44. The fourth-order valence-electron chi connectivity index (χ4n) is 3.84. The van der Waals surface area contributed by atoms with Crippen LogP contribution in [0.25, 0.3) is 10.6 Å². The summed E-state index contributed by atoms with van der Waals surface area (Å²) in [5.74, 6) is 1.50. The summed E-state index contributed by atoms with van der Waals surface area (Å²) in [6, 6.07) is 12.9. The second-order valence-corrected chi connectivity index (χ2v) is 10.3. The van der Waals surface area contributed by atoms with Crippen LogP contribution in [0.3, 0.4) is 0 Å². The summed E-state index contributed by atoms with van der Waals surface area (Å²) in [5, 5.41) is 12.6. The van der Waals surface area contributed by atoms with E-state index in [1.165, 1.54) is 10.5 Å². The third-order valence-electron chi connectivity index (χ3n) is 5.76. The number of nitriles is 1. The lowest BCUT2D eigenvalue weighted by Gasteiger charge is -2.34. The van der Waals surface area contributed by atoms with Gasteiger partial charge in [0.2, 0.25) is 5.95 Å². The Morgan fingerprint density at radius 1 is 1.06 bits per heavy atom. The summed E-state index contributed by atoms with van der Waals surface area (Å²) in [7, 11) is 0. The standard InChI is InChI=1S/C25H25N7S2/c1-18-2-8-21(9-3-18)34-32-12-10-31(11-13-32)25-29-22(23-16-27-17-33-23)14-24(30-25)28-20-6-4-19(15-26)5-7-20/h2-4,6,8-9,14,16-17H,5,7,10-13H2,1H3,(H,28,29,30). The maximum Gasteiger partial charge on any atom is 0.228 e. The lowest BCUT2D eigenvalue weighted by molar-refractivity contribution is 0.426. The molecule has 1 N–H and O–H groups in total. The number of aromatic nitrogens is 3. The average Bonchev–Trinajstić information content (AvgIpc) is 3.42. The normalized spacial score (nSPS) is 16.5. The van der Waals surface area contributed by atoms with Crippen molar-refractivity contribution in [2.24, 2.45) is 0 Å². The molecule has 3 aromatic rings. The zero-order valence-corrected chi connectivity index (χ0v) is 20.6. The van der Waals surface area contributed by atoms with Crippen LogP contribution >= 0.6 is 23.3 Å². The molecule has 1 aromatic carbocycles. The Bertz CT molecular complexity index is 1240. The molecule has 172 valence electrons. The van der Waals surface area contributed by atoms with E-state index in [1.807, 2.05) is 41.9 Å². The molecule has 0 saturated carbocycles. The van der Waals surface area contributed by atoms with Gasteiger partial charge in [0.15, 0.2) is 0 Å². The number of benzene rings is 1. The van der Waals surface area contributed by atoms with Gasteiger partial charge in [0.25, 0.3) is 0 Å². The Morgan fingerprint density at radius 3 is 2.56 bits per heavy atom. The van der Waals surface area contributed by atoms with Crippen LogP contribution in [0.5, 0.6) is 0 Å². The molecule has 3 heterocycles. The first-order chi connectivity index (χ1) is 16.7. The van der Waals surface area contributed by atoms with Crippen molar-refractivity contribution in [1.29, 1.82) is 5.26 Å². The molecular formula is C25H25N7S2. The highest BCUT2D eigenvalue weighted by molar-refractivity contribution is 7.97. The van der Waals surface area contributed by atoms with Gasteiger partial charge >= 0.3 is 0 Å². The SMILES string of the molecule is Cc1ccc(SN2CCN(c3nc(NC4=CC=C(C#N)CC4)cc(-c4cncs4)n3)CC2)cc1. The smallest absolute Gasteiger partial charge is 0.228 e. The van der Waals surface area contributed by atoms with Crippen LogP contribution in [-0.2, 0) is 0 Å². The van der Waals surface area contributed by atoms with Gasteiger partial charge in [-0.25, -0.2) is 9.29 Å². The first-order valence-corrected chi connectivity index (χ1v) is 12.9. The Kier molecular flexibility index (Phi) is 6.90. The van der Waals surface area contributed by atoms with E-state index in [4.69, 9.17) is 15.2 Å². The van der Waals surface area contributed by atoms with E-state index >= 15 is 0 Å². The number of piperazine rings is 1. The number of thiazole rings is 1. The number of allylic oxidation sites excluding steroid dienone is 4. The Balaban J connectivity index is 1.32. The summed E-state index contributed by atoms with van der Waals surface area (Å²) in [6.07, 6.45) is 7.23. The van der Waals surface area contributed by atoms with E-state index < -0.39 is 0 Å². The third-order valence-corrected chi connectivity index (χ3v) is 7.66. The van der Waals surface area contributed by atoms with Crippen molar-refractivity contribution in [3.63, 3.8) is 0 Å². The highest BCUT2D eigenvalue weighted by Gasteiger charge is 2.21. The van der Waals surface area contributed by atoms with Crippen LogP contribution in [0.1, 0.15) is 18.4 Å². The molecule has 9 heteroatoms. The molecule has 0 spiro atoms. The predicted octanol–water partition coefficient (Wildman–Crippen LogP) is 5.28. The van der Waals surface area contributed by atoms with Crippen molar-refractivity contribution in [1.82, 2.24) is 19.3 Å². The van der Waals surface area contributed by atoms with Gasteiger partial charge in [-0.05, 0) is 56.0 Å². The van der Waals surface area contributed by atoms with E-state index in [-0.39, 0.29) is 0 Å². The van der Waals surface area contributed by atoms with E-state index in [0.717, 1.165) is 72.6 Å². The zero-order valence-electron chi connectivity index (χ0n) is 18.9. The topological polar surface area (TPSA) is 81.0 Å². The summed E-state index contributed by atoms with van der Waals surface area (Å²) < 4.78 is 2.40. The van der Waals surface area contributed by atoms with Gasteiger partial charge in [0, 0.05) is 54.6 Å². The Labute approximate surface area is 208 Å². The molecule has 2 aliphatic rings. The quantitative estimate of drug-likeness (QED) is 0.471. The number of anilines is 2. The maximum absolute atomic E-state index is 9.10. The molecule has 5 rings (SSSR count). The molecule has 2 aromatic heterocycles. The molecular weight excluding hydrogens is 462 g/mol. The number of aryl methyl sites for hydroxylation is 1. The lowest BCUT2D eigenvalue weighted by atomic mass is 10.0. The summed E-state index contributed by atoms with van der Waals surface area (Å²) >= 11 is 3.38. The van der Waals surface area contributed by atoms with Gasteiger partial charge in [-0.15, -0.1) is 11.3 Å². The molecule has 1 aliphatic carbocycles. The van der Waals surface area contributed by atoms with Gasteiger partial charge in [-0.2, -0.15) is 10.2 Å². The van der Waals surface area contributed by atoms with Crippen molar-refractivity contribution in [3.8, 4) is 16.6 Å².